The highest BCUT2D eigenvalue weighted by Gasteiger charge is 2.31. The molecule has 0 aromatic heterocycles. The topological polar surface area (TPSA) is 26.0 Å². The molecule has 0 aliphatic heterocycles. The third kappa shape index (κ3) is 3.82. The summed E-state index contributed by atoms with van der Waals surface area (Å²) in [5.41, 5.74) is 6.65. The third-order valence-corrected chi connectivity index (χ3v) is 4.28. The van der Waals surface area contributed by atoms with Crippen molar-refractivity contribution in [3.63, 3.8) is 0 Å². The van der Waals surface area contributed by atoms with Gasteiger partial charge in [-0.25, -0.2) is 0 Å². The highest BCUT2D eigenvalue weighted by Crippen LogP contribution is 2.35. The van der Waals surface area contributed by atoms with Crippen molar-refractivity contribution in [1.82, 2.24) is 0 Å². The number of hydrogen-bond acceptors (Lipinski definition) is 2. The Hall–Kier alpha value is 0.310. The molecule has 2 unspecified atom stereocenters. The summed E-state index contributed by atoms with van der Waals surface area (Å²) in [6.45, 7) is 2.30. The van der Waals surface area contributed by atoms with E-state index in [4.69, 9.17) is 5.73 Å². The van der Waals surface area contributed by atoms with Crippen LogP contribution in [0.4, 0.5) is 0 Å². The second kappa shape index (κ2) is 6.02. The van der Waals surface area contributed by atoms with Gasteiger partial charge in [-0.3, -0.25) is 0 Å². The summed E-state index contributed by atoms with van der Waals surface area (Å²) in [5, 5.41) is 0. The lowest BCUT2D eigenvalue weighted by Crippen LogP contribution is -2.44. The third-order valence-electron chi connectivity index (χ3n) is 3.58. The van der Waals surface area contributed by atoms with E-state index in [2.05, 4.69) is 13.2 Å². The monoisotopic (exact) mass is 215 g/mol. The minimum atomic E-state index is 0.189. The molecule has 1 aliphatic carbocycles. The van der Waals surface area contributed by atoms with Crippen LogP contribution in [0.25, 0.3) is 0 Å². The lowest BCUT2D eigenvalue weighted by Gasteiger charge is -2.38. The minimum Gasteiger partial charge on any atom is -0.325 e. The van der Waals surface area contributed by atoms with Gasteiger partial charge in [-0.1, -0.05) is 26.2 Å². The summed E-state index contributed by atoms with van der Waals surface area (Å²) in [4.78, 5) is 0. The number of hydrogen-bond donors (Lipinski definition) is 1. The van der Waals surface area contributed by atoms with Crippen LogP contribution in [0.1, 0.15) is 51.9 Å². The molecule has 0 aromatic rings. The van der Waals surface area contributed by atoms with Crippen LogP contribution in [0.3, 0.4) is 0 Å². The standard InChI is InChI=1S/C12H25NS/c1-3-11-6-4-7-12(13,10-11)8-5-9-14-2/h11H,3-10,13H2,1-2H3. The van der Waals surface area contributed by atoms with E-state index < -0.39 is 0 Å². The largest absolute Gasteiger partial charge is 0.325 e. The van der Waals surface area contributed by atoms with Crippen molar-refractivity contribution in [2.24, 2.45) is 11.7 Å². The highest BCUT2D eigenvalue weighted by molar-refractivity contribution is 7.98. The first kappa shape index (κ1) is 12.4. The van der Waals surface area contributed by atoms with Crippen molar-refractivity contribution in [2.75, 3.05) is 12.0 Å². The predicted molar refractivity (Wildman–Crippen MR) is 66.8 cm³/mol. The summed E-state index contributed by atoms with van der Waals surface area (Å²) in [5.74, 6) is 2.18. The van der Waals surface area contributed by atoms with Gasteiger partial charge in [0.15, 0.2) is 0 Å². The molecule has 0 amide bonds. The Morgan fingerprint density at radius 1 is 1.50 bits per heavy atom. The van der Waals surface area contributed by atoms with Crippen LogP contribution in [0.2, 0.25) is 0 Å². The van der Waals surface area contributed by atoms with Crippen molar-refractivity contribution in [1.29, 1.82) is 0 Å². The van der Waals surface area contributed by atoms with Crippen molar-refractivity contribution in [3.8, 4) is 0 Å². The fourth-order valence-electron chi connectivity index (χ4n) is 2.67. The first-order valence-electron chi connectivity index (χ1n) is 5.98. The molecular weight excluding hydrogens is 190 g/mol. The Labute approximate surface area is 93.2 Å². The first-order valence-corrected chi connectivity index (χ1v) is 7.37. The summed E-state index contributed by atoms with van der Waals surface area (Å²) in [7, 11) is 0. The molecule has 1 saturated carbocycles. The summed E-state index contributed by atoms with van der Waals surface area (Å²) < 4.78 is 0. The molecule has 2 atom stereocenters. The van der Waals surface area contributed by atoms with Crippen LogP contribution in [0.15, 0.2) is 0 Å². The number of nitrogens with two attached hydrogens (primary N) is 1. The Bertz CT molecular complexity index is 160. The minimum absolute atomic E-state index is 0.189. The zero-order valence-corrected chi connectivity index (χ0v) is 10.5. The maximum Gasteiger partial charge on any atom is 0.0157 e. The van der Waals surface area contributed by atoms with Gasteiger partial charge in [0.25, 0.3) is 0 Å². The van der Waals surface area contributed by atoms with E-state index in [0.29, 0.717) is 0 Å². The molecule has 0 bridgehead atoms. The molecular formula is C12H25NS. The van der Waals surface area contributed by atoms with Gasteiger partial charge in [0, 0.05) is 5.54 Å². The van der Waals surface area contributed by atoms with Crippen molar-refractivity contribution in [2.45, 2.75) is 57.4 Å². The molecule has 1 fully saturated rings. The zero-order valence-electron chi connectivity index (χ0n) is 9.72. The molecule has 1 aliphatic rings. The Kier molecular flexibility index (Phi) is 5.32. The molecule has 1 nitrogen and oxygen atoms in total. The Morgan fingerprint density at radius 3 is 2.93 bits per heavy atom. The quantitative estimate of drug-likeness (QED) is 0.711. The Morgan fingerprint density at radius 2 is 2.29 bits per heavy atom. The molecule has 2 heteroatoms. The first-order chi connectivity index (χ1) is 6.70. The van der Waals surface area contributed by atoms with Crippen LogP contribution < -0.4 is 5.73 Å². The number of thioether (sulfide) groups is 1. The maximum atomic E-state index is 6.46. The van der Waals surface area contributed by atoms with Gasteiger partial charge in [0.1, 0.15) is 0 Å². The van der Waals surface area contributed by atoms with Gasteiger partial charge >= 0.3 is 0 Å². The average Bonchev–Trinajstić information content (AvgIpc) is 2.18. The second-order valence-corrected chi connectivity index (χ2v) is 5.81. The molecule has 1 rings (SSSR count). The van der Waals surface area contributed by atoms with Gasteiger partial charge in [0.05, 0.1) is 0 Å². The lowest BCUT2D eigenvalue weighted by molar-refractivity contribution is 0.207. The van der Waals surface area contributed by atoms with Crippen LogP contribution in [0, 0.1) is 5.92 Å². The van der Waals surface area contributed by atoms with E-state index in [1.54, 1.807) is 0 Å². The summed E-state index contributed by atoms with van der Waals surface area (Å²) in [6.07, 6.45) is 11.3. The Balaban J connectivity index is 2.31. The molecule has 0 radical (unpaired) electrons. The predicted octanol–water partition coefficient (Wildman–Crippen LogP) is 3.43. The normalized spacial score (nSPS) is 33.2. The molecule has 84 valence electrons. The second-order valence-electron chi connectivity index (χ2n) is 4.83. The van der Waals surface area contributed by atoms with Gasteiger partial charge < -0.3 is 5.73 Å². The van der Waals surface area contributed by atoms with Crippen molar-refractivity contribution in [3.05, 3.63) is 0 Å². The maximum absolute atomic E-state index is 6.46. The van der Waals surface area contributed by atoms with Crippen LogP contribution in [0.5, 0.6) is 0 Å². The molecule has 0 aromatic carbocycles. The molecule has 2 N–H and O–H groups in total. The van der Waals surface area contributed by atoms with E-state index >= 15 is 0 Å². The zero-order chi connectivity index (χ0) is 10.4. The van der Waals surface area contributed by atoms with Crippen LogP contribution in [-0.4, -0.2) is 17.5 Å². The molecule has 0 saturated heterocycles. The van der Waals surface area contributed by atoms with Crippen LogP contribution >= 0.6 is 11.8 Å². The van der Waals surface area contributed by atoms with Crippen molar-refractivity contribution < 1.29 is 0 Å². The fourth-order valence-corrected chi connectivity index (χ4v) is 3.10. The summed E-state index contributed by atoms with van der Waals surface area (Å²) in [6, 6.07) is 0. The van der Waals surface area contributed by atoms with E-state index in [9.17, 15) is 0 Å². The SMILES string of the molecule is CCC1CCCC(N)(CCCSC)C1. The van der Waals surface area contributed by atoms with E-state index in [-0.39, 0.29) is 5.54 Å². The molecule has 0 spiro atoms. The number of rotatable bonds is 5. The van der Waals surface area contributed by atoms with Gasteiger partial charge in [-0.05, 0) is 43.6 Å². The van der Waals surface area contributed by atoms with E-state index in [1.165, 1.54) is 50.7 Å². The lowest BCUT2D eigenvalue weighted by atomic mass is 9.73. The molecule has 0 heterocycles. The van der Waals surface area contributed by atoms with Crippen molar-refractivity contribution >= 4 is 11.8 Å². The summed E-state index contributed by atoms with van der Waals surface area (Å²) >= 11 is 1.94. The van der Waals surface area contributed by atoms with Gasteiger partial charge in [-0.15, -0.1) is 0 Å². The highest BCUT2D eigenvalue weighted by atomic mass is 32.2. The van der Waals surface area contributed by atoms with Gasteiger partial charge in [0.2, 0.25) is 0 Å². The average molecular weight is 215 g/mol. The smallest absolute Gasteiger partial charge is 0.0157 e. The van der Waals surface area contributed by atoms with Gasteiger partial charge in [-0.2, -0.15) is 11.8 Å². The van der Waals surface area contributed by atoms with E-state index in [0.717, 1.165) is 5.92 Å². The fraction of sp³-hybridized carbons (Fsp3) is 1.00. The van der Waals surface area contributed by atoms with Crippen LogP contribution in [-0.2, 0) is 0 Å². The van der Waals surface area contributed by atoms with E-state index in [1.807, 2.05) is 11.8 Å². The molecule has 14 heavy (non-hydrogen) atoms.